The van der Waals surface area contributed by atoms with Crippen LogP contribution in [0.4, 0.5) is 14.0 Å². The summed E-state index contributed by atoms with van der Waals surface area (Å²) in [5.41, 5.74) is -1.93. The van der Waals surface area contributed by atoms with E-state index in [0.717, 1.165) is 22.5 Å². The summed E-state index contributed by atoms with van der Waals surface area (Å²) in [6.45, 7) is 6.45. The van der Waals surface area contributed by atoms with Crippen molar-refractivity contribution in [3.05, 3.63) is 32.9 Å². The Morgan fingerprint density at radius 1 is 1.21 bits per heavy atom. The van der Waals surface area contributed by atoms with Crippen molar-refractivity contribution < 1.29 is 32.9 Å². The first-order valence-corrected chi connectivity index (χ1v) is 9.88. The van der Waals surface area contributed by atoms with E-state index in [4.69, 9.17) is 18.9 Å². The van der Waals surface area contributed by atoms with E-state index in [0.29, 0.717) is 0 Å². The number of carbonyl (C=O) groups excluding carboxylic acids is 2. The van der Waals surface area contributed by atoms with Crippen LogP contribution in [0.3, 0.4) is 0 Å². The molecule has 0 aromatic carbocycles. The zero-order valence-electron chi connectivity index (χ0n) is 16.4. The highest BCUT2D eigenvalue weighted by Gasteiger charge is 2.40. The second-order valence-electron chi connectivity index (χ2n) is 6.81. The van der Waals surface area contributed by atoms with Gasteiger partial charge in [0.15, 0.2) is 0 Å². The van der Waals surface area contributed by atoms with E-state index < -0.39 is 52.2 Å². The van der Waals surface area contributed by atoms with E-state index >= 15 is 0 Å². The van der Waals surface area contributed by atoms with Crippen LogP contribution in [0.2, 0.25) is 0 Å². The fraction of sp³-hybridized carbons (Fsp3) is 0.647. The average molecular weight is 434 g/mol. The zero-order chi connectivity index (χ0) is 21.7. The average Bonchev–Trinajstić information content (AvgIpc) is 2.97. The predicted molar refractivity (Wildman–Crippen MR) is 100 cm³/mol. The van der Waals surface area contributed by atoms with Crippen molar-refractivity contribution in [3.63, 3.8) is 0 Å². The standard InChI is InChI=1S/C17H23FN2O8S/c1-8(2)26-16(23)25-7-12-11(28-17(24)27-9(3)4)5-13(29-12)20-6-10(18)14(21)19-15(20)22/h6,8-9,11-13H,5,7H2,1-4H3,(H,19,21,22)/t11-,12+,13+/m0/s1. The lowest BCUT2D eigenvalue weighted by molar-refractivity contribution is -0.00459. The lowest BCUT2D eigenvalue weighted by Gasteiger charge is -2.19. The number of carbonyl (C=O) groups is 2. The number of aromatic amines is 1. The molecule has 0 spiro atoms. The molecule has 162 valence electrons. The summed E-state index contributed by atoms with van der Waals surface area (Å²) in [5.74, 6) is -1.12. The third kappa shape index (κ3) is 6.51. The SMILES string of the molecule is CC(C)OC(=O)OC[C@H]1S[C@@H](n2cc(F)c(=O)[nH]c2=O)C[C@@H]1OC(=O)OC(C)C. The number of nitrogens with zero attached hydrogens (tertiary/aromatic N) is 1. The van der Waals surface area contributed by atoms with Gasteiger partial charge in [0.05, 0.1) is 29.0 Å². The maximum atomic E-state index is 13.6. The Morgan fingerprint density at radius 2 is 1.83 bits per heavy atom. The van der Waals surface area contributed by atoms with E-state index in [9.17, 15) is 23.6 Å². The minimum atomic E-state index is -1.13. The molecular formula is C17H23FN2O8S. The third-order valence-electron chi connectivity index (χ3n) is 3.69. The monoisotopic (exact) mass is 434 g/mol. The van der Waals surface area contributed by atoms with Gasteiger partial charge < -0.3 is 18.9 Å². The van der Waals surface area contributed by atoms with Gasteiger partial charge in [-0.3, -0.25) is 14.3 Å². The molecule has 3 atom stereocenters. The molecule has 0 bridgehead atoms. The molecule has 12 heteroatoms. The van der Waals surface area contributed by atoms with Gasteiger partial charge in [0.2, 0.25) is 5.82 Å². The Morgan fingerprint density at radius 3 is 2.45 bits per heavy atom. The van der Waals surface area contributed by atoms with Crippen molar-refractivity contribution in [2.24, 2.45) is 0 Å². The fourth-order valence-electron chi connectivity index (χ4n) is 2.54. The van der Waals surface area contributed by atoms with Crippen molar-refractivity contribution in [1.29, 1.82) is 0 Å². The van der Waals surface area contributed by atoms with E-state index in [-0.39, 0.29) is 19.1 Å². The first-order chi connectivity index (χ1) is 13.6. The number of nitrogens with one attached hydrogen (secondary N) is 1. The van der Waals surface area contributed by atoms with E-state index in [1.165, 1.54) is 0 Å². The summed E-state index contributed by atoms with van der Waals surface area (Å²) in [4.78, 5) is 48.7. The number of halogens is 1. The van der Waals surface area contributed by atoms with Gasteiger partial charge in [-0.05, 0) is 27.7 Å². The Bertz CT molecular complexity index is 853. The van der Waals surface area contributed by atoms with E-state index in [1.54, 1.807) is 27.7 Å². The van der Waals surface area contributed by atoms with E-state index in [1.807, 2.05) is 4.98 Å². The minimum Gasteiger partial charge on any atom is -0.433 e. The largest absolute Gasteiger partial charge is 0.508 e. The minimum absolute atomic E-state index is 0.108. The molecule has 0 unspecified atom stereocenters. The van der Waals surface area contributed by atoms with Crippen LogP contribution in [0, 0.1) is 5.82 Å². The van der Waals surface area contributed by atoms with Crippen molar-refractivity contribution in [2.75, 3.05) is 6.61 Å². The molecule has 1 fully saturated rings. The van der Waals surface area contributed by atoms with Crippen molar-refractivity contribution in [1.82, 2.24) is 9.55 Å². The number of ether oxygens (including phenoxy) is 4. The highest BCUT2D eigenvalue weighted by molar-refractivity contribution is 8.00. The molecule has 10 nitrogen and oxygen atoms in total. The van der Waals surface area contributed by atoms with Gasteiger partial charge in [-0.1, -0.05) is 0 Å². The predicted octanol–water partition coefficient (Wildman–Crippen LogP) is 2.17. The number of rotatable bonds is 6. The molecule has 1 aliphatic rings. The highest BCUT2D eigenvalue weighted by atomic mass is 32.2. The Balaban J connectivity index is 2.15. The Kier molecular flexibility index (Phi) is 7.71. The number of thioether (sulfide) groups is 1. The summed E-state index contributed by atoms with van der Waals surface area (Å²) in [7, 11) is 0. The van der Waals surface area contributed by atoms with Crippen LogP contribution in [0.25, 0.3) is 0 Å². The second-order valence-corrected chi connectivity index (χ2v) is 8.23. The Labute approximate surface area is 169 Å². The maximum Gasteiger partial charge on any atom is 0.508 e. The number of aromatic nitrogens is 2. The summed E-state index contributed by atoms with van der Waals surface area (Å²) >= 11 is 1.13. The quantitative estimate of drug-likeness (QED) is 0.670. The third-order valence-corrected chi connectivity index (χ3v) is 5.21. The maximum absolute atomic E-state index is 13.6. The molecule has 0 aliphatic carbocycles. The van der Waals surface area contributed by atoms with Gasteiger partial charge in [-0.15, -0.1) is 11.8 Å². The summed E-state index contributed by atoms with van der Waals surface area (Å²) < 4.78 is 34.8. The van der Waals surface area contributed by atoms with Gasteiger partial charge in [0.25, 0.3) is 5.56 Å². The number of hydrogen-bond acceptors (Lipinski definition) is 9. The van der Waals surface area contributed by atoms with Gasteiger partial charge in [-0.2, -0.15) is 4.39 Å². The lowest BCUT2D eigenvalue weighted by atomic mass is 10.2. The summed E-state index contributed by atoms with van der Waals surface area (Å²) in [5, 5.41) is -1.23. The molecule has 1 aliphatic heterocycles. The lowest BCUT2D eigenvalue weighted by Crippen LogP contribution is -2.33. The van der Waals surface area contributed by atoms with Gasteiger partial charge in [-0.25, -0.2) is 14.4 Å². The Hall–Kier alpha value is -2.50. The van der Waals surface area contributed by atoms with Crippen LogP contribution in [0.15, 0.2) is 15.8 Å². The number of hydrogen-bond donors (Lipinski definition) is 1. The van der Waals surface area contributed by atoms with E-state index in [2.05, 4.69) is 0 Å². The van der Waals surface area contributed by atoms with Crippen LogP contribution < -0.4 is 11.2 Å². The van der Waals surface area contributed by atoms with Crippen LogP contribution in [-0.4, -0.2) is 52.0 Å². The molecule has 2 rings (SSSR count). The first kappa shape index (κ1) is 22.8. The number of H-pyrrole nitrogens is 1. The molecule has 1 aromatic heterocycles. The highest BCUT2D eigenvalue weighted by Crippen LogP contribution is 2.42. The molecule has 0 saturated carbocycles. The van der Waals surface area contributed by atoms with Crippen LogP contribution >= 0.6 is 11.8 Å². The normalized spacial score (nSPS) is 21.3. The summed E-state index contributed by atoms with van der Waals surface area (Å²) in [6.07, 6.45) is -2.47. The van der Waals surface area contributed by atoms with Gasteiger partial charge in [0, 0.05) is 6.42 Å². The smallest absolute Gasteiger partial charge is 0.433 e. The zero-order valence-corrected chi connectivity index (χ0v) is 17.2. The molecule has 29 heavy (non-hydrogen) atoms. The van der Waals surface area contributed by atoms with Crippen LogP contribution in [0.1, 0.15) is 39.5 Å². The molecule has 2 heterocycles. The van der Waals surface area contributed by atoms with Crippen molar-refractivity contribution >= 4 is 24.1 Å². The molecule has 1 saturated heterocycles. The first-order valence-electron chi connectivity index (χ1n) is 8.94. The fourth-order valence-corrected chi connectivity index (χ4v) is 4.02. The molecule has 0 amide bonds. The van der Waals surface area contributed by atoms with Crippen LogP contribution in [0.5, 0.6) is 0 Å². The molecule has 1 aromatic rings. The summed E-state index contributed by atoms with van der Waals surface area (Å²) in [6, 6.07) is 0. The van der Waals surface area contributed by atoms with Gasteiger partial charge in [0.1, 0.15) is 12.7 Å². The topological polar surface area (TPSA) is 126 Å². The van der Waals surface area contributed by atoms with Crippen LogP contribution in [-0.2, 0) is 18.9 Å². The van der Waals surface area contributed by atoms with Crippen molar-refractivity contribution in [3.8, 4) is 0 Å². The molecular weight excluding hydrogens is 411 g/mol. The van der Waals surface area contributed by atoms with Crippen molar-refractivity contribution in [2.45, 2.75) is 63.1 Å². The molecule has 1 N–H and O–H groups in total. The van der Waals surface area contributed by atoms with Gasteiger partial charge >= 0.3 is 18.0 Å². The molecule has 0 radical (unpaired) electrons. The second kappa shape index (κ2) is 9.81.